The zero-order valence-electron chi connectivity index (χ0n) is 12.0. The molecule has 110 valence electrons. The van der Waals surface area contributed by atoms with Crippen molar-refractivity contribution in [2.75, 3.05) is 5.43 Å². The fraction of sp³-hybridized carbons (Fsp3) is 0.188. The summed E-state index contributed by atoms with van der Waals surface area (Å²) in [5, 5.41) is 32.9. The third-order valence-corrected chi connectivity index (χ3v) is 3.26. The number of benzene rings is 2. The van der Waals surface area contributed by atoms with Crippen LogP contribution in [-0.4, -0.2) is 21.0 Å². The Kier molecular flexibility index (Phi) is 4.33. The number of rotatable bonds is 4. The standard InChI is InChI=1S/C16H18N2O3/c1-3-11-6-4-5-7-13(11)18-17-10(2)12-8-9-14(19)16(21)15(12)20/h4-9,18-21H,3H2,1-2H3. The van der Waals surface area contributed by atoms with E-state index in [4.69, 9.17) is 0 Å². The van der Waals surface area contributed by atoms with E-state index in [1.165, 1.54) is 12.1 Å². The van der Waals surface area contributed by atoms with Crippen molar-refractivity contribution in [1.82, 2.24) is 0 Å². The Labute approximate surface area is 123 Å². The van der Waals surface area contributed by atoms with Crippen LogP contribution in [0.15, 0.2) is 41.5 Å². The van der Waals surface area contributed by atoms with Crippen molar-refractivity contribution in [1.29, 1.82) is 0 Å². The predicted molar refractivity (Wildman–Crippen MR) is 83.1 cm³/mol. The molecule has 2 aromatic carbocycles. The van der Waals surface area contributed by atoms with E-state index < -0.39 is 5.75 Å². The van der Waals surface area contributed by atoms with Gasteiger partial charge in [-0.2, -0.15) is 5.10 Å². The topological polar surface area (TPSA) is 85.1 Å². The van der Waals surface area contributed by atoms with E-state index in [1.54, 1.807) is 6.92 Å². The Balaban J connectivity index is 2.28. The first-order valence-electron chi connectivity index (χ1n) is 6.67. The number of hydrogen-bond donors (Lipinski definition) is 4. The molecule has 0 saturated carbocycles. The molecule has 2 rings (SSSR count). The van der Waals surface area contributed by atoms with Crippen LogP contribution in [0.3, 0.4) is 0 Å². The maximum absolute atomic E-state index is 9.83. The molecule has 0 aliphatic heterocycles. The molecule has 0 aliphatic rings. The summed E-state index contributed by atoms with van der Waals surface area (Å²) in [6, 6.07) is 10.6. The number of nitrogens with one attached hydrogen (secondary N) is 1. The van der Waals surface area contributed by atoms with E-state index in [1.807, 2.05) is 24.3 Å². The number of nitrogens with zero attached hydrogens (tertiary/aromatic N) is 1. The Bertz CT molecular complexity index is 681. The SMILES string of the molecule is CCc1ccccc1NN=C(C)c1ccc(O)c(O)c1O. The second-order valence-electron chi connectivity index (χ2n) is 4.65. The van der Waals surface area contributed by atoms with Crippen LogP contribution in [0.2, 0.25) is 0 Å². The van der Waals surface area contributed by atoms with E-state index in [-0.39, 0.29) is 11.5 Å². The zero-order chi connectivity index (χ0) is 15.4. The summed E-state index contributed by atoms with van der Waals surface area (Å²) >= 11 is 0. The van der Waals surface area contributed by atoms with E-state index in [0.29, 0.717) is 11.3 Å². The third-order valence-electron chi connectivity index (χ3n) is 3.26. The molecule has 2 aromatic rings. The van der Waals surface area contributed by atoms with Gasteiger partial charge in [-0.15, -0.1) is 0 Å². The minimum atomic E-state index is -0.545. The van der Waals surface area contributed by atoms with Crippen molar-refractivity contribution in [2.45, 2.75) is 20.3 Å². The summed E-state index contributed by atoms with van der Waals surface area (Å²) < 4.78 is 0. The maximum Gasteiger partial charge on any atom is 0.200 e. The third kappa shape index (κ3) is 3.08. The van der Waals surface area contributed by atoms with Gasteiger partial charge in [0, 0.05) is 5.56 Å². The van der Waals surface area contributed by atoms with Gasteiger partial charge in [0.05, 0.1) is 11.4 Å². The van der Waals surface area contributed by atoms with Gasteiger partial charge in [0.2, 0.25) is 5.75 Å². The molecule has 0 radical (unpaired) electrons. The molecule has 0 atom stereocenters. The van der Waals surface area contributed by atoms with Gasteiger partial charge < -0.3 is 15.3 Å². The maximum atomic E-state index is 9.83. The van der Waals surface area contributed by atoms with Crippen LogP contribution >= 0.6 is 0 Å². The fourth-order valence-electron chi connectivity index (χ4n) is 2.00. The molecular formula is C16H18N2O3. The number of phenols is 3. The molecule has 21 heavy (non-hydrogen) atoms. The van der Waals surface area contributed by atoms with Gasteiger partial charge in [-0.1, -0.05) is 25.1 Å². The molecule has 0 spiro atoms. The van der Waals surface area contributed by atoms with E-state index in [2.05, 4.69) is 17.5 Å². The number of para-hydroxylation sites is 1. The molecule has 0 saturated heterocycles. The molecule has 0 fully saturated rings. The van der Waals surface area contributed by atoms with Crippen molar-refractivity contribution in [3.8, 4) is 17.2 Å². The Hall–Kier alpha value is -2.69. The Morgan fingerprint density at radius 2 is 1.76 bits per heavy atom. The second kappa shape index (κ2) is 6.17. The molecule has 0 amide bonds. The van der Waals surface area contributed by atoms with E-state index in [0.717, 1.165) is 17.7 Å². The van der Waals surface area contributed by atoms with Crippen LogP contribution in [0, 0.1) is 0 Å². The highest BCUT2D eigenvalue weighted by molar-refractivity contribution is 6.02. The first kappa shape index (κ1) is 14.7. The lowest BCUT2D eigenvalue weighted by atomic mass is 10.1. The normalized spacial score (nSPS) is 11.4. The largest absolute Gasteiger partial charge is 0.504 e. The average molecular weight is 286 g/mol. The van der Waals surface area contributed by atoms with Gasteiger partial charge in [-0.25, -0.2) is 0 Å². The van der Waals surface area contributed by atoms with Gasteiger partial charge in [0.1, 0.15) is 0 Å². The van der Waals surface area contributed by atoms with Crippen LogP contribution in [0.1, 0.15) is 25.0 Å². The average Bonchev–Trinajstić information content (AvgIpc) is 2.50. The summed E-state index contributed by atoms with van der Waals surface area (Å²) in [5.41, 5.74) is 5.83. The number of hydrogen-bond acceptors (Lipinski definition) is 5. The van der Waals surface area contributed by atoms with Crippen LogP contribution in [0.4, 0.5) is 5.69 Å². The van der Waals surface area contributed by atoms with Crippen LogP contribution < -0.4 is 5.43 Å². The van der Waals surface area contributed by atoms with Gasteiger partial charge in [0.25, 0.3) is 0 Å². The van der Waals surface area contributed by atoms with Gasteiger partial charge in [-0.3, -0.25) is 5.43 Å². The molecule has 0 heterocycles. The molecule has 0 unspecified atom stereocenters. The number of phenolic OH excluding ortho intramolecular Hbond substituents is 3. The minimum absolute atomic E-state index is 0.353. The zero-order valence-corrected chi connectivity index (χ0v) is 12.0. The summed E-state index contributed by atoms with van der Waals surface area (Å²) in [4.78, 5) is 0. The summed E-state index contributed by atoms with van der Waals surface area (Å²) in [7, 11) is 0. The smallest absolute Gasteiger partial charge is 0.200 e. The summed E-state index contributed by atoms with van der Waals surface area (Å²) in [6.07, 6.45) is 0.878. The highest BCUT2D eigenvalue weighted by Crippen LogP contribution is 2.37. The lowest BCUT2D eigenvalue weighted by Crippen LogP contribution is -2.01. The van der Waals surface area contributed by atoms with Gasteiger partial charge in [0.15, 0.2) is 11.5 Å². The van der Waals surface area contributed by atoms with Crippen LogP contribution in [0.25, 0.3) is 0 Å². The van der Waals surface area contributed by atoms with Crippen LogP contribution in [0.5, 0.6) is 17.2 Å². The van der Waals surface area contributed by atoms with Gasteiger partial charge in [-0.05, 0) is 37.1 Å². The predicted octanol–water partition coefficient (Wildman–Crippen LogP) is 3.20. The van der Waals surface area contributed by atoms with Gasteiger partial charge >= 0.3 is 0 Å². The quantitative estimate of drug-likeness (QED) is 0.395. The minimum Gasteiger partial charge on any atom is -0.504 e. The molecular weight excluding hydrogens is 268 g/mol. The molecule has 0 aliphatic carbocycles. The van der Waals surface area contributed by atoms with Crippen molar-refractivity contribution < 1.29 is 15.3 Å². The van der Waals surface area contributed by atoms with Crippen molar-refractivity contribution in [3.63, 3.8) is 0 Å². The Morgan fingerprint density at radius 1 is 1.05 bits per heavy atom. The second-order valence-corrected chi connectivity index (χ2v) is 4.65. The van der Waals surface area contributed by atoms with Crippen LogP contribution in [-0.2, 0) is 6.42 Å². The number of aromatic hydroxyl groups is 3. The first-order valence-corrected chi connectivity index (χ1v) is 6.67. The lowest BCUT2D eigenvalue weighted by Gasteiger charge is -2.10. The number of anilines is 1. The monoisotopic (exact) mass is 286 g/mol. The molecule has 5 nitrogen and oxygen atoms in total. The molecule has 5 heteroatoms. The van der Waals surface area contributed by atoms with Crippen molar-refractivity contribution in [3.05, 3.63) is 47.5 Å². The Morgan fingerprint density at radius 3 is 2.48 bits per heavy atom. The molecule has 4 N–H and O–H groups in total. The van der Waals surface area contributed by atoms with E-state index in [9.17, 15) is 15.3 Å². The van der Waals surface area contributed by atoms with Crippen molar-refractivity contribution >= 4 is 11.4 Å². The highest BCUT2D eigenvalue weighted by atomic mass is 16.3. The highest BCUT2D eigenvalue weighted by Gasteiger charge is 2.13. The molecule has 0 aromatic heterocycles. The lowest BCUT2D eigenvalue weighted by molar-refractivity contribution is 0.367. The fourth-order valence-corrected chi connectivity index (χ4v) is 2.00. The van der Waals surface area contributed by atoms with E-state index >= 15 is 0 Å². The summed E-state index contributed by atoms with van der Waals surface area (Å²) in [6.45, 7) is 3.76. The summed E-state index contributed by atoms with van der Waals surface area (Å²) in [5.74, 6) is -1.30. The molecule has 0 bridgehead atoms. The first-order chi connectivity index (χ1) is 10.0. The van der Waals surface area contributed by atoms with Crippen molar-refractivity contribution in [2.24, 2.45) is 5.10 Å². The number of aryl methyl sites for hydroxylation is 1. The number of hydrazone groups is 1.